The van der Waals surface area contributed by atoms with Crippen LogP contribution in [0.5, 0.6) is 11.5 Å². The topological polar surface area (TPSA) is 74.5 Å². The van der Waals surface area contributed by atoms with Crippen molar-refractivity contribution >= 4 is 6.29 Å². The Labute approximate surface area is 116 Å². The van der Waals surface area contributed by atoms with Crippen LogP contribution in [0.2, 0.25) is 0 Å². The Morgan fingerprint density at radius 3 is 2.95 bits per heavy atom. The van der Waals surface area contributed by atoms with Crippen molar-refractivity contribution in [3.05, 3.63) is 35.5 Å². The van der Waals surface area contributed by atoms with Gasteiger partial charge in [0.25, 0.3) is 5.89 Å². The summed E-state index contributed by atoms with van der Waals surface area (Å²) >= 11 is 0. The zero-order valence-corrected chi connectivity index (χ0v) is 11.5. The molecule has 0 saturated carbocycles. The third kappa shape index (κ3) is 3.14. The fourth-order valence-electron chi connectivity index (χ4n) is 1.75. The quantitative estimate of drug-likeness (QED) is 0.723. The van der Waals surface area contributed by atoms with Gasteiger partial charge >= 0.3 is 0 Å². The van der Waals surface area contributed by atoms with Crippen molar-refractivity contribution < 1.29 is 18.8 Å². The van der Waals surface area contributed by atoms with E-state index in [-0.39, 0.29) is 6.61 Å². The van der Waals surface area contributed by atoms with Crippen LogP contribution in [-0.2, 0) is 13.0 Å². The van der Waals surface area contributed by atoms with Crippen LogP contribution in [0.25, 0.3) is 0 Å². The van der Waals surface area contributed by atoms with E-state index in [1.54, 1.807) is 18.2 Å². The molecule has 0 aliphatic heterocycles. The molecule has 106 valence electrons. The van der Waals surface area contributed by atoms with Gasteiger partial charge in [0.15, 0.2) is 30.2 Å². The molecule has 1 aromatic carbocycles. The maximum Gasteiger partial charge on any atom is 0.264 e. The second kappa shape index (κ2) is 6.70. The van der Waals surface area contributed by atoms with Crippen molar-refractivity contribution in [1.82, 2.24) is 10.1 Å². The number of aldehydes is 1. The number of methoxy groups -OCH3 is 1. The molecule has 6 heteroatoms. The zero-order chi connectivity index (χ0) is 14.4. The van der Waals surface area contributed by atoms with Crippen molar-refractivity contribution in [2.75, 3.05) is 7.11 Å². The van der Waals surface area contributed by atoms with Gasteiger partial charge in [-0.05, 0) is 18.6 Å². The predicted octanol–water partition coefficient (Wildman–Crippen LogP) is 2.42. The van der Waals surface area contributed by atoms with Gasteiger partial charge in [0.05, 0.1) is 12.7 Å². The van der Waals surface area contributed by atoms with Gasteiger partial charge in [-0.2, -0.15) is 4.98 Å². The Morgan fingerprint density at radius 2 is 2.25 bits per heavy atom. The van der Waals surface area contributed by atoms with Gasteiger partial charge in [-0.3, -0.25) is 4.79 Å². The summed E-state index contributed by atoms with van der Waals surface area (Å²) in [5, 5.41) is 3.84. The molecule has 0 atom stereocenters. The van der Waals surface area contributed by atoms with E-state index in [2.05, 4.69) is 10.1 Å². The van der Waals surface area contributed by atoms with Crippen LogP contribution in [0.3, 0.4) is 0 Å². The lowest BCUT2D eigenvalue weighted by Gasteiger charge is -2.10. The van der Waals surface area contributed by atoms with Crippen molar-refractivity contribution in [2.24, 2.45) is 0 Å². The highest BCUT2D eigenvalue weighted by Gasteiger charge is 2.12. The lowest BCUT2D eigenvalue weighted by molar-refractivity contribution is 0.111. The standard InChI is InChI=1S/C14H16N2O4/c1-3-5-12-15-13(20-16-12)9-19-14-10(8-17)6-4-7-11(14)18-2/h4,6-8H,3,5,9H2,1-2H3. The first-order valence-electron chi connectivity index (χ1n) is 6.35. The minimum absolute atomic E-state index is 0.0952. The highest BCUT2D eigenvalue weighted by atomic mass is 16.5. The predicted molar refractivity (Wildman–Crippen MR) is 71.0 cm³/mol. The molecule has 6 nitrogen and oxygen atoms in total. The second-order valence-corrected chi connectivity index (χ2v) is 4.14. The van der Waals surface area contributed by atoms with Crippen LogP contribution < -0.4 is 9.47 Å². The number of aromatic nitrogens is 2. The van der Waals surface area contributed by atoms with Gasteiger partial charge in [-0.1, -0.05) is 18.1 Å². The van der Waals surface area contributed by atoms with Gasteiger partial charge < -0.3 is 14.0 Å². The number of para-hydroxylation sites is 1. The minimum Gasteiger partial charge on any atom is -0.493 e. The van der Waals surface area contributed by atoms with Crippen LogP contribution in [0, 0.1) is 0 Å². The Bertz CT molecular complexity index is 580. The molecule has 0 spiro atoms. The number of carbonyl (C=O) groups is 1. The number of hydrogen-bond donors (Lipinski definition) is 0. The summed E-state index contributed by atoms with van der Waals surface area (Å²) in [5.41, 5.74) is 0.414. The molecule has 2 aromatic rings. The summed E-state index contributed by atoms with van der Waals surface area (Å²) in [6.45, 7) is 2.13. The lowest BCUT2D eigenvalue weighted by Crippen LogP contribution is -2.01. The monoisotopic (exact) mass is 276 g/mol. The van der Waals surface area contributed by atoms with Crippen LogP contribution >= 0.6 is 0 Å². The third-order valence-electron chi connectivity index (χ3n) is 2.68. The molecule has 0 bridgehead atoms. The number of nitrogens with zero attached hydrogens (tertiary/aromatic N) is 2. The van der Waals surface area contributed by atoms with E-state index in [0.29, 0.717) is 35.1 Å². The summed E-state index contributed by atoms with van der Waals surface area (Å²) in [4.78, 5) is 15.2. The summed E-state index contributed by atoms with van der Waals surface area (Å²) < 4.78 is 15.8. The molecule has 0 unspecified atom stereocenters. The maximum absolute atomic E-state index is 11.0. The summed E-state index contributed by atoms with van der Waals surface area (Å²) in [6, 6.07) is 5.10. The molecule has 0 amide bonds. The molecule has 0 radical (unpaired) electrons. The number of aryl methyl sites for hydroxylation is 1. The van der Waals surface area contributed by atoms with E-state index in [1.165, 1.54) is 7.11 Å². The first-order chi connectivity index (χ1) is 9.78. The molecule has 2 rings (SSSR count). The highest BCUT2D eigenvalue weighted by molar-refractivity contribution is 5.81. The Kier molecular flexibility index (Phi) is 4.70. The molecule has 0 fully saturated rings. The second-order valence-electron chi connectivity index (χ2n) is 4.14. The number of benzene rings is 1. The smallest absolute Gasteiger partial charge is 0.264 e. The molecule has 1 aromatic heterocycles. The average Bonchev–Trinajstić information content (AvgIpc) is 2.92. The zero-order valence-electron chi connectivity index (χ0n) is 11.5. The van der Waals surface area contributed by atoms with E-state index in [1.807, 2.05) is 6.92 Å². The van der Waals surface area contributed by atoms with Crippen LogP contribution in [-0.4, -0.2) is 23.5 Å². The molecule has 0 saturated heterocycles. The molecule has 20 heavy (non-hydrogen) atoms. The van der Waals surface area contributed by atoms with Gasteiger partial charge in [-0.15, -0.1) is 0 Å². The SMILES string of the molecule is CCCc1noc(COc2c(C=O)cccc2OC)n1. The van der Waals surface area contributed by atoms with Crippen molar-refractivity contribution in [2.45, 2.75) is 26.4 Å². The molecular formula is C14H16N2O4. The van der Waals surface area contributed by atoms with E-state index in [0.717, 1.165) is 12.8 Å². The first kappa shape index (κ1) is 14.0. The lowest BCUT2D eigenvalue weighted by atomic mass is 10.2. The summed E-state index contributed by atoms with van der Waals surface area (Å²) in [7, 11) is 1.52. The van der Waals surface area contributed by atoms with Crippen LogP contribution in [0.1, 0.15) is 35.4 Å². The number of carbonyl (C=O) groups excluding carboxylic acids is 1. The number of ether oxygens (including phenoxy) is 2. The maximum atomic E-state index is 11.0. The van der Waals surface area contributed by atoms with Gasteiger partial charge in [0, 0.05) is 6.42 Å². The van der Waals surface area contributed by atoms with Crippen molar-refractivity contribution in [3.63, 3.8) is 0 Å². The third-order valence-corrected chi connectivity index (χ3v) is 2.68. The summed E-state index contributed by atoms with van der Waals surface area (Å²) in [5.74, 6) is 1.89. The van der Waals surface area contributed by atoms with Crippen LogP contribution in [0.4, 0.5) is 0 Å². The van der Waals surface area contributed by atoms with Crippen molar-refractivity contribution in [3.8, 4) is 11.5 Å². The minimum atomic E-state index is 0.0952. The average molecular weight is 276 g/mol. The fraction of sp³-hybridized carbons (Fsp3) is 0.357. The Balaban J connectivity index is 2.11. The van der Waals surface area contributed by atoms with Crippen LogP contribution in [0.15, 0.2) is 22.7 Å². The van der Waals surface area contributed by atoms with Gasteiger partial charge in [0.2, 0.25) is 0 Å². The molecule has 0 aliphatic rings. The highest BCUT2D eigenvalue weighted by Crippen LogP contribution is 2.30. The first-order valence-corrected chi connectivity index (χ1v) is 6.35. The normalized spacial score (nSPS) is 10.3. The van der Waals surface area contributed by atoms with Crippen molar-refractivity contribution in [1.29, 1.82) is 0 Å². The Hall–Kier alpha value is -2.37. The Morgan fingerprint density at radius 1 is 1.40 bits per heavy atom. The summed E-state index contributed by atoms with van der Waals surface area (Å²) in [6.07, 6.45) is 2.42. The fourth-order valence-corrected chi connectivity index (χ4v) is 1.75. The van der Waals surface area contributed by atoms with Gasteiger partial charge in [-0.25, -0.2) is 0 Å². The van der Waals surface area contributed by atoms with E-state index >= 15 is 0 Å². The molecule has 0 aliphatic carbocycles. The van der Waals surface area contributed by atoms with E-state index in [9.17, 15) is 4.79 Å². The van der Waals surface area contributed by atoms with Gasteiger partial charge in [0.1, 0.15) is 0 Å². The molecule has 0 N–H and O–H groups in total. The number of rotatable bonds is 7. The number of hydrogen-bond acceptors (Lipinski definition) is 6. The molecular weight excluding hydrogens is 260 g/mol. The largest absolute Gasteiger partial charge is 0.493 e. The van der Waals surface area contributed by atoms with E-state index < -0.39 is 0 Å². The molecule has 1 heterocycles. The van der Waals surface area contributed by atoms with E-state index in [4.69, 9.17) is 14.0 Å².